The Hall–Kier alpha value is -3.41. The molecule has 1 aromatic heterocycles. The number of halogens is 1. The Morgan fingerprint density at radius 1 is 0.958 bits per heavy atom. The van der Waals surface area contributed by atoms with Gasteiger partial charge in [-0.2, -0.15) is 0 Å². The molecule has 0 fully saturated rings. The van der Waals surface area contributed by atoms with Gasteiger partial charge in [0.25, 0.3) is 5.91 Å². The van der Waals surface area contributed by atoms with E-state index in [4.69, 9.17) is 5.73 Å². The average Bonchev–Trinajstić information content (AvgIpc) is 2.57. The number of hydrogen-bond acceptors (Lipinski definition) is 4. The molecule has 0 unspecified atom stereocenters. The summed E-state index contributed by atoms with van der Waals surface area (Å²) in [5.74, 6) is -0.636. The van der Waals surface area contributed by atoms with Crippen LogP contribution in [0.25, 0.3) is 0 Å². The van der Waals surface area contributed by atoms with E-state index in [-0.39, 0.29) is 17.2 Å². The lowest BCUT2D eigenvalue weighted by Gasteiger charge is -2.10. The van der Waals surface area contributed by atoms with Crippen molar-refractivity contribution in [2.75, 3.05) is 16.4 Å². The molecular formula is C18H15FN4O. The van der Waals surface area contributed by atoms with Crippen molar-refractivity contribution in [3.63, 3.8) is 0 Å². The predicted octanol–water partition coefficient (Wildman–Crippen LogP) is 3.80. The lowest BCUT2D eigenvalue weighted by molar-refractivity contribution is 0.102. The van der Waals surface area contributed by atoms with Crippen molar-refractivity contribution in [2.45, 2.75) is 0 Å². The first-order chi connectivity index (χ1) is 11.6. The fourth-order valence-corrected chi connectivity index (χ4v) is 2.18. The van der Waals surface area contributed by atoms with Gasteiger partial charge in [-0.05, 0) is 30.3 Å². The molecule has 0 aliphatic heterocycles. The number of benzene rings is 2. The first-order valence-corrected chi connectivity index (χ1v) is 7.27. The van der Waals surface area contributed by atoms with Crippen LogP contribution in [-0.4, -0.2) is 10.9 Å². The number of rotatable bonds is 4. The van der Waals surface area contributed by atoms with Gasteiger partial charge in [-0.3, -0.25) is 4.79 Å². The third-order valence-corrected chi connectivity index (χ3v) is 3.26. The van der Waals surface area contributed by atoms with Gasteiger partial charge in [-0.25, -0.2) is 9.37 Å². The van der Waals surface area contributed by atoms with Crippen LogP contribution in [0.15, 0.2) is 66.7 Å². The van der Waals surface area contributed by atoms with E-state index in [0.717, 1.165) is 0 Å². The molecule has 0 spiro atoms. The minimum absolute atomic E-state index is 0.137. The minimum Gasteiger partial charge on any atom is -0.384 e. The molecule has 0 aliphatic carbocycles. The van der Waals surface area contributed by atoms with Gasteiger partial charge in [0.2, 0.25) is 0 Å². The van der Waals surface area contributed by atoms with E-state index in [2.05, 4.69) is 15.6 Å². The Morgan fingerprint density at radius 2 is 1.67 bits per heavy atom. The largest absolute Gasteiger partial charge is 0.384 e. The number of carbonyl (C=O) groups is 1. The Bertz CT molecular complexity index is 868. The van der Waals surface area contributed by atoms with E-state index in [1.807, 2.05) is 18.2 Å². The van der Waals surface area contributed by atoms with Crippen molar-refractivity contribution in [3.05, 3.63) is 78.2 Å². The number of amides is 1. The van der Waals surface area contributed by atoms with Crippen molar-refractivity contribution in [2.24, 2.45) is 0 Å². The molecule has 0 atom stereocenters. The fourth-order valence-electron chi connectivity index (χ4n) is 2.18. The van der Waals surface area contributed by atoms with Gasteiger partial charge < -0.3 is 16.4 Å². The van der Waals surface area contributed by atoms with Gasteiger partial charge >= 0.3 is 0 Å². The van der Waals surface area contributed by atoms with Crippen molar-refractivity contribution in [3.8, 4) is 0 Å². The van der Waals surface area contributed by atoms with Crippen molar-refractivity contribution in [1.82, 2.24) is 4.98 Å². The van der Waals surface area contributed by atoms with Crippen LogP contribution in [0.2, 0.25) is 0 Å². The highest BCUT2D eigenvalue weighted by atomic mass is 19.1. The Kier molecular flexibility index (Phi) is 4.38. The van der Waals surface area contributed by atoms with Crippen molar-refractivity contribution in [1.29, 1.82) is 0 Å². The molecule has 120 valence electrons. The van der Waals surface area contributed by atoms with E-state index < -0.39 is 11.7 Å². The molecule has 24 heavy (non-hydrogen) atoms. The summed E-state index contributed by atoms with van der Waals surface area (Å²) >= 11 is 0. The molecule has 3 rings (SSSR count). The zero-order valence-corrected chi connectivity index (χ0v) is 12.7. The number of nitrogens with one attached hydrogen (secondary N) is 2. The molecule has 0 aliphatic rings. The van der Waals surface area contributed by atoms with E-state index in [1.165, 1.54) is 18.2 Å². The van der Waals surface area contributed by atoms with Crippen LogP contribution in [0.3, 0.4) is 0 Å². The molecule has 0 saturated heterocycles. The number of pyridine rings is 1. The molecule has 0 bridgehead atoms. The first-order valence-electron chi connectivity index (χ1n) is 7.27. The van der Waals surface area contributed by atoms with E-state index >= 15 is 0 Å². The number of nitrogens with two attached hydrogens (primary N) is 1. The minimum atomic E-state index is -0.400. The summed E-state index contributed by atoms with van der Waals surface area (Å²) in [4.78, 5) is 16.3. The molecular weight excluding hydrogens is 307 g/mol. The second-order valence-electron chi connectivity index (χ2n) is 5.09. The highest BCUT2D eigenvalue weighted by Crippen LogP contribution is 2.22. The maximum Gasteiger partial charge on any atom is 0.274 e. The molecule has 1 heterocycles. The zero-order valence-electron chi connectivity index (χ0n) is 12.7. The van der Waals surface area contributed by atoms with Gasteiger partial charge in [-0.1, -0.05) is 30.3 Å². The van der Waals surface area contributed by atoms with Crippen LogP contribution < -0.4 is 16.4 Å². The van der Waals surface area contributed by atoms with Crippen LogP contribution in [0.4, 0.5) is 27.3 Å². The fraction of sp³-hybridized carbons (Fsp3) is 0. The summed E-state index contributed by atoms with van der Waals surface area (Å²) in [6.45, 7) is 0. The summed E-state index contributed by atoms with van der Waals surface area (Å²) < 4.78 is 13.7. The van der Waals surface area contributed by atoms with Gasteiger partial charge in [0.15, 0.2) is 0 Å². The Morgan fingerprint density at radius 3 is 2.42 bits per heavy atom. The highest BCUT2D eigenvalue weighted by molar-refractivity contribution is 6.03. The maximum absolute atomic E-state index is 13.7. The summed E-state index contributed by atoms with van der Waals surface area (Å²) in [5, 5.41) is 5.63. The van der Waals surface area contributed by atoms with Gasteiger partial charge in [0.1, 0.15) is 17.3 Å². The summed E-state index contributed by atoms with van der Waals surface area (Å²) in [7, 11) is 0. The number of nitrogen functional groups attached to an aromatic ring is 1. The number of hydrogen-bond donors (Lipinski definition) is 3. The van der Waals surface area contributed by atoms with E-state index in [0.29, 0.717) is 11.4 Å². The van der Waals surface area contributed by atoms with Crippen LogP contribution in [-0.2, 0) is 0 Å². The van der Waals surface area contributed by atoms with Crippen molar-refractivity contribution < 1.29 is 9.18 Å². The highest BCUT2D eigenvalue weighted by Gasteiger charge is 2.11. The van der Waals surface area contributed by atoms with Crippen LogP contribution in [0.1, 0.15) is 10.5 Å². The second-order valence-corrected chi connectivity index (χ2v) is 5.09. The summed E-state index contributed by atoms with van der Waals surface area (Å²) in [6.07, 6.45) is 0. The number of carbonyl (C=O) groups excluding carboxylic acids is 1. The van der Waals surface area contributed by atoms with E-state index in [1.54, 1.807) is 30.3 Å². The van der Waals surface area contributed by atoms with Gasteiger partial charge in [0.05, 0.1) is 5.69 Å². The average molecular weight is 322 g/mol. The maximum atomic E-state index is 13.7. The molecule has 3 aromatic rings. The second kappa shape index (κ2) is 6.78. The standard InChI is InChI=1S/C18H15FN4O/c19-14-8-4-5-9-15(14)21-13-10-16(23-17(20)11-13)18(24)22-12-6-2-1-3-7-12/h1-11H,(H,22,24)(H3,20,21,23). The van der Waals surface area contributed by atoms with Gasteiger partial charge in [0, 0.05) is 17.4 Å². The first kappa shape index (κ1) is 15.5. The van der Waals surface area contributed by atoms with Crippen LogP contribution in [0, 0.1) is 5.82 Å². The van der Waals surface area contributed by atoms with Gasteiger partial charge in [-0.15, -0.1) is 0 Å². The van der Waals surface area contributed by atoms with Crippen LogP contribution in [0.5, 0.6) is 0 Å². The molecule has 0 radical (unpaired) electrons. The zero-order chi connectivity index (χ0) is 16.9. The molecule has 5 nitrogen and oxygen atoms in total. The lowest BCUT2D eigenvalue weighted by atomic mass is 10.2. The smallest absolute Gasteiger partial charge is 0.274 e. The molecule has 1 amide bonds. The quantitative estimate of drug-likeness (QED) is 0.682. The summed E-state index contributed by atoms with van der Waals surface area (Å²) in [6, 6.07) is 18.3. The van der Waals surface area contributed by atoms with E-state index in [9.17, 15) is 9.18 Å². The number of aromatic nitrogens is 1. The molecule has 6 heteroatoms. The lowest BCUT2D eigenvalue weighted by Crippen LogP contribution is -2.14. The Labute approximate surface area is 138 Å². The number of nitrogens with zero attached hydrogens (tertiary/aromatic N) is 1. The normalized spacial score (nSPS) is 10.2. The third kappa shape index (κ3) is 3.67. The van der Waals surface area contributed by atoms with Crippen LogP contribution >= 0.6 is 0 Å². The number of anilines is 4. The monoisotopic (exact) mass is 322 g/mol. The third-order valence-electron chi connectivity index (χ3n) is 3.26. The molecule has 4 N–H and O–H groups in total. The molecule has 2 aromatic carbocycles. The SMILES string of the molecule is Nc1cc(Nc2ccccc2F)cc(C(=O)Nc2ccccc2)n1. The van der Waals surface area contributed by atoms with Crippen molar-refractivity contribution >= 4 is 28.8 Å². The predicted molar refractivity (Wildman–Crippen MR) is 92.7 cm³/mol. The number of para-hydroxylation sites is 2. The Balaban J connectivity index is 1.83. The summed E-state index contributed by atoms with van der Waals surface area (Å²) in [5.41, 5.74) is 7.31. The topological polar surface area (TPSA) is 80.0 Å². The molecule has 0 saturated carbocycles.